The molecule has 3 aromatic rings. The van der Waals surface area contributed by atoms with Crippen molar-refractivity contribution in [3.63, 3.8) is 0 Å². The average molecular weight is 355 g/mol. The lowest BCUT2D eigenvalue weighted by atomic mass is 10.1. The number of rotatable bonds is 9. The van der Waals surface area contributed by atoms with E-state index in [0.29, 0.717) is 18.0 Å². The van der Waals surface area contributed by atoms with Crippen LogP contribution in [0.5, 0.6) is 17.2 Å². The Balaban J connectivity index is 1.53. The molecule has 2 aromatic carbocycles. The van der Waals surface area contributed by atoms with E-state index < -0.39 is 0 Å². The first-order valence-electron chi connectivity index (χ1n) is 8.68. The van der Waals surface area contributed by atoms with E-state index in [2.05, 4.69) is 15.3 Å². The highest BCUT2D eigenvalue weighted by molar-refractivity contribution is 5.74. The lowest BCUT2D eigenvalue weighted by Gasteiger charge is -2.14. The fourth-order valence-electron chi connectivity index (χ4n) is 2.96. The maximum absolute atomic E-state index is 5.46. The van der Waals surface area contributed by atoms with Crippen molar-refractivity contribution in [3.05, 3.63) is 47.8 Å². The van der Waals surface area contributed by atoms with Gasteiger partial charge in [0.25, 0.3) is 0 Å². The predicted molar refractivity (Wildman–Crippen MR) is 102 cm³/mol. The van der Waals surface area contributed by atoms with Gasteiger partial charge >= 0.3 is 0 Å². The van der Waals surface area contributed by atoms with Gasteiger partial charge in [0.05, 0.1) is 32.4 Å². The van der Waals surface area contributed by atoms with E-state index >= 15 is 0 Å². The average Bonchev–Trinajstić information content (AvgIpc) is 3.09. The Morgan fingerprint density at radius 3 is 2.42 bits per heavy atom. The fraction of sp³-hybridized carbons (Fsp3) is 0.350. The third kappa shape index (κ3) is 4.08. The van der Waals surface area contributed by atoms with E-state index in [9.17, 15) is 0 Å². The predicted octanol–water partition coefficient (Wildman–Crippen LogP) is 3.31. The van der Waals surface area contributed by atoms with Crippen LogP contribution in [0.4, 0.5) is 0 Å². The summed E-state index contributed by atoms with van der Waals surface area (Å²) in [5, 5.41) is 3.45. The Bertz CT molecular complexity index is 828. The summed E-state index contributed by atoms with van der Waals surface area (Å²) in [5.41, 5.74) is 3.14. The monoisotopic (exact) mass is 355 g/mol. The standard InChI is InChI=1S/C20H25N3O3/c1-24-17-12-19(26-3)18(25-2)11-14(17)13-21-10-6-9-20-22-15-7-4-5-8-16(15)23-20/h4-5,7-8,11-12,21H,6,9-10,13H2,1-3H3,(H,22,23). The molecule has 0 radical (unpaired) electrons. The Morgan fingerprint density at radius 1 is 0.962 bits per heavy atom. The molecular weight excluding hydrogens is 330 g/mol. The number of H-pyrrole nitrogens is 1. The summed E-state index contributed by atoms with van der Waals surface area (Å²) in [5.74, 6) is 3.18. The van der Waals surface area contributed by atoms with Gasteiger partial charge in [0, 0.05) is 24.6 Å². The number of hydrogen-bond acceptors (Lipinski definition) is 5. The molecule has 0 aliphatic heterocycles. The summed E-state index contributed by atoms with van der Waals surface area (Å²) in [4.78, 5) is 7.96. The lowest BCUT2D eigenvalue weighted by Crippen LogP contribution is -2.16. The van der Waals surface area contributed by atoms with E-state index in [0.717, 1.165) is 47.6 Å². The summed E-state index contributed by atoms with van der Waals surface area (Å²) in [7, 11) is 4.91. The molecule has 0 saturated carbocycles. The number of imidazole rings is 1. The van der Waals surface area contributed by atoms with Gasteiger partial charge in [-0.2, -0.15) is 0 Å². The molecule has 2 N–H and O–H groups in total. The maximum Gasteiger partial charge on any atom is 0.164 e. The van der Waals surface area contributed by atoms with Gasteiger partial charge in [-0.25, -0.2) is 4.98 Å². The number of fused-ring (bicyclic) bond motifs is 1. The van der Waals surface area contributed by atoms with Gasteiger partial charge in [-0.15, -0.1) is 0 Å². The third-order valence-corrected chi connectivity index (χ3v) is 4.31. The number of nitrogens with zero attached hydrogens (tertiary/aromatic N) is 1. The number of aryl methyl sites for hydroxylation is 1. The van der Waals surface area contributed by atoms with Crippen LogP contribution in [-0.4, -0.2) is 37.8 Å². The van der Waals surface area contributed by atoms with E-state index in [1.54, 1.807) is 21.3 Å². The van der Waals surface area contributed by atoms with E-state index in [1.807, 2.05) is 36.4 Å². The summed E-state index contributed by atoms with van der Waals surface area (Å²) in [6.07, 6.45) is 1.90. The number of para-hydroxylation sites is 2. The smallest absolute Gasteiger partial charge is 0.164 e. The van der Waals surface area contributed by atoms with Gasteiger partial charge in [-0.3, -0.25) is 0 Å². The number of aromatic nitrogens is 2. The molecule has 0 bridgehead atoms. The minimum absolute atomic E-state index is 0.665. The molecular formula is C20H25N3O3. The fourth-order valence-corrected chi connectivity index (χ4v) is 2.96. The molecule has 0 atom stereocenters. The van der Waals surface area contributed by atoms with Crippen LogP contribution in [0.15, 0.2) is 36.4 Å². The molecule has 138 valence electrons. The first-order chi connectivity index (χ1) is 12.7. The molecule has 0 spiro atoms. The summed E-state index contributed by atoms with van der Waals surface area (Å²) < 4.78 is 16.1. The van der Waals surface area contributed by atoms with E-state index in [1.165, 1.54) is 0 Å². The van der Waals surface area contributed by atoms with Crippen LogP contribution in [0.3, 0.4) is 0 Å². The van der Waals surface area contributed by atoms with Crippen LogP contribution in [0, 0.1) is 0 Å². The van der Waals surface area contributed by atoms with Crippen LogP contribution in [0.2, 0.25) is 0 Å². The number of aromatic amines is 1. The molecule has 0 aliphatic rings. The third-order valence-electron chi connectivity index (χ3n) is 4.31. The van der Waals surface area contributed by atoms with E-state index in [-0.39, 0.29) is 0 Å². The van der Waals surface area contributed by atoms with Crippen molar-refractivity contribution in [2.24, 2.45) is 0 Å². The zero-order valence-corrected chi connectivity index (χ0v) is 15.5. The van der Waals surface area contributed by atoms with Gasteiger partial charge in [-0.1, -0.05) is 12.1 Å². The number of ether oxygens (including phenoxy) is 3. The topological polar surface area (TPSA) is 68.4 Å². The largest absolute Gasteiger partial charge is 0.496 e. The van der Waals surface area contributed by atoms with Crippen molar-refractivity contribution in [3.8, 4) is 17.2 Å². The minimum Gasteiger partial charge on any atom is -0.496 e. The normalized spacial score (nSPS) is 10.9. The molecule has 26 heavy (non-hydrogen) atoms. The highest BCUT2D eigenvalue weighted by Gasteiger charge is 2.11. The van der Waals surface area contributed by atoms with Gasteiger partial charge in [0.1, 0.15) is 11.6 Å². The van der Waals surface area contributed by atoms with Crippen molar-refractivity contribution >= 4 is 11.0 Å². The highest BCUT2D eigenvalue weighted by atomic mass is 16.5. The van der Waals surface area contributed by atoms with Crippen molar-refractivity contribution in [1.82, 2.24) is 15.3 Å². The molecule has 0 unspecified atom stereocenters. The van der Waals surface area contributed by atoms with Gasteiger partial charge < -0.3 is 24.5 Å². The van der Waals surface area contributed by atoms with Crippen LogP contribution < -0.4 is 19.5 Å². The van der Waals surface area contributed by atoms with Gasteiger partial charge in [0.2, 0.25) is 0 Å². The molecule has 6 heteroatoms. The number of hydrogen-bond donors (Lipinski definition) is 2. The summed E-state index contributed by atoms with van der Waals surface area (Å²) in [6, 6.07) is 11.9. The van der Waals surface area contributed by atoms with Crippen molar-refractivity contribution in [2.75, 3.05) is 27.9 Å². The van der Waals surface area contributed by atoms with Crippen LogP contribution >= 0.6 is 0 Å². The zero-order valence-electron chi connectivity index (χ0n) is 15.5. The van der Waals surface area contributed by atoms with Crippen molar-refractivity contribution < 1.29 is 14.2 Å². The first-order valence-corrected chi connectivity index (χ1v) is 8.68. The van der Waals surface area contributed by atoms with Crippen LogP contribution in [0.25, 0.3) is 11.0 Å². The Labute approximate surface area is 153 Å². The molecule has 6 nitrogen and oxygen atoms in total. The SMILES string of the molecule is COc1cc(OC)c(OC)cc1CNCCCc1nc2ccccc2[nH]1. The van der Waals surface area contributed by atoms with Gasteiger partial charge in [0.15, 0.2) is 11.5 Å². The molecule has 0 fully saturated rings. The zero-order chi connectivity index (χ0) is 18.4. The molecule has 0 amide bonds. The maximum atomic E-state index is 5.46. The summed E-state index contributed by atoms with van der Waals surface area (Å²) >= 11 is 0. The molecule has 0 saturated heterocycles. The second-order valence-electron chi connectivity index (χ2n) is 6.00. The minimum atomic E-state index is 0.665. The molecule has 0 aliphatic carbocycles. The Morgan fingerprint density at radius 2 is 1.69 bits per heavy atom. The Hall–Kier alpha value is -2.73. The van der Waals surface area contributed by atoms with Crippen molar-refractivity contribution in [1.29, 1.82) is 0 Å². The Kier molecular flexibility index (Phi) is 5.96. The second-order valence-corrected chi connectivity index (χ2v) is 6.00. The number of methoxy groups -OCH3 is 3. The van der Waals surface area contributed by atoms with Crippen molar-refractivity contribution in [2.45, 2.75) is 19.4 Å². The lowest BCUT2D eigenvalue weighted by molar-refractivity contribution is 0.347. The number of benzene rings is 2. The van der Waals surface area contributed by atoms with Gasteiger partial charge in [-0.05, 0) is 31.2 Å². The van der Waals surface area contributed by atoms with Crippen LogP contribution in [-0.2, 0) is 13.0 Å². The summed E-state index contributed by atoms with van der Waals surface area (Å²) in [6.45, 7) is 1.58. The van der Waals surface area contributed by atoms with E-state index in [4.69, 9.17) is 14.2 Å². The molecule has 1 aromatic heterocycles. The number of nitrogens with one attached hydrogen (secondary N) is 2. The van der Waals surface area contributed by atoms with Crippen LogP contribution in [0.1, 0.15) is 17.8 Å². The first kappa shape index (κ1) is 18.1. The molecule has 1 heterocycles. The second kappa shape index (κ2) is 8.58. The molecule has 3 rings (SSSR count). The highest BCUT2D eigenvalue weighted by Crippen LogP contribution is 2.34. The quantitative estimate of drug-likeness (QED) is 0.577.